The number of anilines is 1. The van der Waals surface area contributed by atoms with Crippen molar-refractivity contribution in [3.63, 3.8) is 0 Å². The van der Waals surface area contributed by atoms with E-state index in [1.165, 1.54) is 30.1 Å². The Hall–Kier alpha value is -4.41. The maximum Gasteiger partial charge on any atom is 0.457 e. The minimum Gasteiger partial charge on any atom is -0.309 e. The largest absolute Gasteiger partial charge is 0.457 e. The fraction of sp³-hybridized carbons (Fsp3) is 0.267. The molecule has 1 unspecified atom stereocenters. The van der Waals surface area contributed by atoms with Gasteiger partial charge in [-0.2, -0.15) is 40.2 Å². The van der Waals surface area contributed by atoms with E-state index in [9.17, 15) is 43.9 Å². The Balaban J connectivity index is 1.29. The van der Waals surface area contributed by atoms with Gasteiger partial charge in [0, 0.05) is 11.1 Å². The van der Waals surface area contributed by atoms with Crippen LogP contribution in [0.3, 0.4) is 0 Å². The van der Waals surface area contributed by atoms with Crippen LogP contribution in [0.2, 0.25) is 0 Å². The first-order valence-corrected chi connectivity index (χ1v) is 14.6. The normalized spacial score (nSPS) is 16.6. The molecule has 2 heterocycles. The molecule has 1 fully saturated rings. The van der Waals surface area contributed by atoms with E-state index in [4.69, 9.17) is 0 Å². The van der Waals surface area contributed by atoms with Crippen molar-refractivity contribution in [2.24, 2.45) is 10.2 Å². The van der Waals surface area contributed by atoms with Gasteiger partial charge in [0.1, 0.15) is 12.1 Å². The summed E-state index contributed by atoms with van der Waals surface area (Å²) in [5.41, 5.74) is -5.22. The predicted molar refractivity (Wildman–Crippen MR) is 157 cm³/mol. The summed E-state index contributed by atoms with van der Waals surface area (Å²) in [6.45, 7) is 4.02. The summed E-state index contributed by atoms with van der Waals surface area (Å²) in [5.74, 6) is -6.23. The Morgan fingerprint density at radius 2 is 1.51 bits per heavy atom. The molecular formula is C30H22F10N6S. The van der Waals surface area contributed by atoms with Gasteiger partial charge < -0.3 is 4.90 Å². The van der Waals surface area contributed by atoms with Gasteiger partial charge in [0.2, 0.25) is 0 Å². The molecule has 0 saturated carbocycles. The van der Waals surface area contributed by atoms with Gasteiger partial charge in [0.25, 0.3) is 0 Å². The topological polar surface area (TPSA) is 58.7 Å². The molecule has 47 heavy (non-hydrogen) atoms. The Bertz CT molecular complexity index is 1800. The second-order valence-corrected chi connectivity index (χ2v) is 11.5. The predicted octanol–water partition coefficient (Wildman–Crippen LogP) is 9.02. The monoisotopic (exact) mass is 688 g/mol. The molecule has 1 aliphatic rings. The van der Waals surface area contributed by atoms with Crippen LogP contribution in [0.4, 0.5) is 49.6 Å². The van der Waals surface area contributed by atoms with Crippen LogP contribution in [0.1, 0.15) is 36.5 Å². The van der Waals surface area contributed by atoms with Crippen molar-refractivity contribution in [1.82, 2.24) is 14.8 Å². The van der Waals surface area contributed by atoms with Gasteiger partial charge in [-0.15, -0.1) is 10.2 Å². The molecule has 5 rings (SSSR count). The Morgan fingerprint density at radius 1 is 0.851 bits per heavy atom. The summed E-state index contributed by atoms with van der Waals surface area (Å²) in [6.07, 6.45) is -10.8. The quantitative estimate of drug-likeness (QED) is 0.105. The van der Waals surface area contributed by atoms with Gasteiger partial charge in [0.15, 0.2) is 11.0 Å². The lowest BCUT2D eigenvalue weighted by atomic mass is 9.87. The molecule has 0 amide bonds. The Labute approximate surface area is 264 Å². The molecule has 1 atom stereocenters. The van der Waals surface area contributed by atoms with Crippen molar-refractivity contribution in [2.75, 3.05) is 10.8 Å². The van der Waals surface area contributed by atoms with Crippen LogP contribution in [0, 0.1) is 5.82 Å². The number of thioether (sulfide) groups is 1. The van der Waals surface area contributed by atoms with E-state index < -0.39 is 29.5 Å². The lowest BCUT2D eigenvalue weighted by molar-refractivity contribution is -0.389. The van der Waals surface area contributed by atoms with E-state index in [-0.39, 0.29) is 35.4 Å². The molecule has 6 nitrogen and oxygen atoms in total. The number of amidine groups is 1. The van der Waals surface area contributed by atoms with E-state index >= 15 is 0 Å². The molecule has 0 aliphatic carbocycles. The van der Waals surface area contributed by atoms with E-state index in [0.717, 1.165) is 22.3 Å². The average molecular weight is 689 g/mol. The summed E-state index contributed by atoms with van der Waals surface area (Å²) < 4.78 is 135. The molecule has 1 aromatic heterocycles. The third kappa shape index (κ3) is 6.32. The number of aromatic nitrogens is 3. The number of hydrogen-bond acceptors (Lipinski definition) is 5. The van der Waals surface area contributed by atoms with Crippen LogP contribution in [0.5, 0.6) is 0 Å². The molecular weight excluding hydrogens is 666 g/mol. The van der Waals surface area contributed by atoms with Crippen molar-refractivity contribution in [3.05, 3.63) is 95.6 Å². The first kappa shape index (κ1) is 33.9. The molecule has 0 radical (unpaired) electrons. The summed E-state index contributed by atoms with van der Waals surface area (Å²) in [6, 6.07) is 13.0. The molecule has 3 aromatic carbocycles. The first-order chi connectivity index (χ1) is 21.9. The summed E-state index contributed by atoms with van der Waals surface area (Å²) in [7, 11) is 0. The van der Waals surface area contributed by atoms with E-state index in [0.29, 0.717) is 34.3 Å². The van der Waals surface area contributed by atoms with Crippen molar-refractivity contribution >= 4 is 28.8 Å². The lowest BCUT2D eigenvalue weighted by Crippen LogP contribution is -2.59. The zero-order chi connectivity index (χ0) is 34.4. The van der Waals surface area contributed by atoms with Gasteiger partial charge >= 0.3 is 23.9 Å². The van der Waals surface area contributed by atoms with Crippen LogP contribution in [0.25, 0.3) is 17.1 Å². The van der Waals surface area contributed by atoms with Crippen LogP contribution in [-0.4, -0.2) is 50.3 Å². The second kappa shape index (κ2) is 12.3. The molecule has 248 valence electrons. The van der Waals surface area contributed by atoms with E-state index in [1.807, 2.05) is 18.7 Å². The van der Waals surface area contributed by atoms with Gasteiger partial charge in [0.05, 0.1) is 23.5 Å². The van der Waals surface area contributed by atoms with Gasteiger partial charge in [-0.05, 0) is 41.3 Å². The second-order valence-electron chi connectivity index (χ2n) is 10.6. The average Bonchev–Trinajstić information content (AvgIpc) is 3.48. The zero-order valence-corrected chi connectivity index (χ0v) is 25.0. The fourth-order valence-corrected chi connectivity index (χ4v) is 5.34. The van der Waals surface area contributed by atoms with E-state index in [1.54, 1.807) is 30.3 Å². The maximum atomic E-state index is 14.7. The van der Waals surface area contributed by atoms with Crippen molar-refractivity contribution < 1.29 is 43.9 Å². The minimum atomic E-state index is -6.81. The van der Waals surface area contributed by atoms with Crippen LogP contribution < -0.4 is 4.90 Å². The molecule has 0 bridgehead atoms. The fourth-order valence-electron chi connectivity index (χ4n) is 4.63. The van der Waals surface area contributed by atoms with Gasteiger partial charge in [-0.3, -0.25) is 0 Å². The highest BCUT2D eigenvalue weighted by molar-refractivity contribution is 8.16. The summed E-state index contributed by atoms with van der Waals surface area (Å²) in [5, 5.41) is 13.1. The Morgan fingerprint density at radius 3 is 2.06 bits per heavy atom. The SMILES string of the molecule is CC(C)c1ccc(F)cc1N1CS/C1=N\N=C\c1ccc(-c2ncn(-c3ccc(C(F)(C(F)(F)F)C(F)(F)C(F)(F)F)cc3)n2)cc1. The first-order valence-electron chi connectivity index (χ1n) is 13.6. The third-order valence-corrected chi connectivity index (χ3v) is 8.13. The van der Waals surface area contributed by atoms with Crippen LogP contribution >= 0.6 is 11.8 Å². The molecule has 1 aliphatic heterocycles. The number of rotatable bonds is 8. The summed E-state index contributed by atoms with van der Waals surface area (Å²) >= 11 is 1.45. The number of nitrogens with zero attached hydrogens (tertiary/aromatic N) is 6. The summed E-state index contributed by atoms with van der Waals surface area (Å²) in [4.78, 5) is 5.94. The van der Waals surface area contributed by atoms with E-state index in [2.05, 4.69) is 20.3 Å². The molecule has 0 N–H and O–H groups in total. The highest BCUT2D eigenvalue weighted by atomic mass is 32.2. The van der Waals surface area contributed by atoms with Gasteiger partial charge in [-0.25, -0.2) is 18.4 Å². The highest BCUT2D eigenvalue weighted by Gasteiger charge is 2.81. The molecule has 1 saturated heterocycles. The molecule has 17 heteroatoms. The lowest BCUT2D eigenvalue weighted by Gasteiger charge is -2.36. The number of alkyl halides is 9. The van der Waals surface area contributed by atoms with Gasteiger partial charge in [-0.1, -0.05) is 68.1 Å². The van der Waals surface area contributed by atoms with Crippen LogP contribution in [-0.2, 0) is 5.67 Å². The Kier molecular flexibility index (Phi) is 8.89. The number of hydrogen-bond donors (Lipinski definition) is 0. The standard InChI is InChI=1S/C30H22F10N6S/c1-17(2)23-12-9-21(31)13-24(23)45-16-47-26(45)43-42-14-18-3-5-19(6-4-18)25-41-15-46(44-25)22-10-7-20(8-11-22)27(32,29(35,36)37)28(33,34)30(38,39)40/h3-15,17H,16H2,1-2H3/b42-14+,43-26-. The highest BCUT2D eigenvalue weighted by Crippen LogP contribution is 2.58. The van der Waals surface area contributed by atoms with Crippen LogP contribution in [0.15, 0.2) is 83.3 Å². The number of halogens is 10. The zero-order valence-electron chi connectivity index (χ0n) is 24.2. The molecule has 4 aromatic rings. The number of benzene rings is 3. The van der Waals surface area contributed by atoms with Crippen molar-refractivity contribution in [2.45, 2.75) is 43.7 Å². The van der Waals surface area contributed by atoms with Crippen molar-refractivity contribution in [3.8, 4) is 17.1 Å². The minimum absolute atomic E-state index is 0.0862. The maximum absolute atomic E-state index is 14.7. The third-order valence-electron chi connectivity index (χ3n) is 7.18. The smallest absolute Gasteiger partial charge is 0.309 e. The van der Waals surface area contributed by atoms with Crippen molar-refractivity contribution in [1.29, 1.82) is 0 Å². The molecule has 0 spiro atoms.